The van der Waals surface area contributed by atoms with Crippen molar-refractivity contribution in [2.45, 2.75) is 73.6 Å². The van der Waals surface area contributed by atoms with Crippen molar-refractivity contribution in [1.82, 2.24) is 8.61 Å². The van der Waals surface area contributed by atoms with Gasteiger partial charge in [-0.2, -0.15) is 8.61 Å². The highest BCUT2D eigenvalue weighted by Gasteiger charge is 2.39. The van der Waals surface area contributed by atoms with E-state index in [0.29, 0.717) is 41.0 Å². The van der Waals surface area contributed by atoms with Gasteiger partial charge in [0.05, 0.1) is 60.5 Å². The lowest BCUT2D eigenvalue weighted by Gasteiger charge is -2.38. The van der Waals surface area contributed by atoms with Crippen LogP contribution < -0.4 is 0 Å². The van der Waals surface area contributed by atoms with Crippen LogP contribution in [0.5, 0.6) is 0 Å². The number of hydrogen-bond donors (Lipinski definition) is 1. The van der Waals surface area contributed by atoms with E-state index >= 15 is 0 Å². The number of halogens is 2. The van der Waals surface area contributed by atoms with Gasteiger partial charge in [-0.25, -0.2) is 16.8 Å². The second kappa shape index (κ2) is 22.1. The molecule has 4 atom stereocenters. The molecule has 0 aliphatic carbocycles. The van der Waals surface area contributed by atoms with E-state index in [0.717, 1.165) is 35.5 Å². The number of aryl methyl sites for hydroxylation is 2. The molecule has 316 valence electrons. The molecule has 3 aliphatic heterocycles. The fraction of sp³-hybridized carbons (Fsp3) is 0.442. The van der Waals surface area contributed by atoms with Crippen LogP contribution in [-0.4, -0.2) is 115 Å². The summed E-state index contributed by atoms with van der Waals surface area (Å²) >= 11 is 11.9. The zero-order valence-electron chi connectivity index (χ0n) is 33.2. The fourth-order valence-corrected chi connectivity index (χ4v) is 10.3. The molecule has 1 N–H and O–H groups in total. The number of aliphatic hydroxyl groups is 1. The summed E-state index contributed by atoms with van der Waals surface area (Å²) in [4.78, 5) is 0.551. The summed E-state index contributed by atoms with van der Waals surface area (Å²) in [6.07, 6.45) is 2.83. The standard InChI is InChI=1S/C20H24ClNO4S.C19H22ClNO4S.C4H8O/c1-15-3-9-20(10-4-15)27(23,24)22-12-19(14-25-2)26-13-18(22)11-16-5-7-17(21)8-6-16;1-14-2-8-19(9-3-14)26(23,24)21-11-18(12-22)25-13-17(21)10-15-4-6-16(20)7-5-15;1-2-4-5-3-1/h3-10,18-19H,11-14H2,1-2H3;2-9,17-18,22H,10-13H2,1H3;1-4H2/t18?,19-;17?,18-;/m11./s1. The van der Waals surface area contributed by atoms with E-state index < -0.39 is 26.2 Å². The molecular formula is C43H54Cl2N2O9S2. The Hall–Kier alpha value is -2.92. The van der Waals surface area contributed by atoms with Crippen molar-refractivity contribution in [3.63, 3.8) is 0 Å². The van der Waals surface area contributed by atoms with Crippen molar-refractivity contribution in [3.8, 4) is 0 Å². The molecule has 3 fully saturated rings. The van der Waals surface area contributed by atoms with Gasteiger partial charge in [-0.15, -0.1) is 0 Å². The Morgan fingerprint density at radius 1 is 0.638 bits per heavy atom. The van der Waals surface area contributed by atoms with Crippen molar-refractivity contribution in [2.24, 2.45) is 0 Å². The summed E-state index contributed by atoms with van der Waals surface area (Å²) < 4.78 is 77.6. The summed E-state index contributed by atoms with van der Waals surface area (Å²) in [5, 5.41) is 10.7. The molecular weight excluding hydrogens is 824 g/mol. The van der Waals surface area contributed by atoms with Gasteiger partial charge in [0, 0.05) is 43.5 Å². The number of nitrogens with zero attached hydrogens (tertiary/aromatic N) is 2. The minimum absolute atomic E-state index is 0.130. The third kappa shape index (κ3) is 13.0. The van der Waals surface area contributed by atoms with Gasteiger partial charge in [0.1, 0.15) is 0 Å². The Morgan fingerprint density at radius 2 is 1.03 bits per heavy atom. The largest absolute Gasteiger partial charge is 0.394 e. The first-order chi connectivity index (χ1) is 27.8. The summed E-state index contributed by atoms with van der Waals surface area (Å²) in [6, 6.07) is 27.9. The maximum atomic E-state index is 13.3. The average molecular weight is 878 g/mol. The van der Waals surface area contributed by atoms with Crippen LogP contribution in [0.2, 0.25) is 10.0 Å². The van der Waals surface area contributed by atoms with Crippen molar-refractivity contribution in [3.05, 3.63) is 129 Å². The molecule has 4 aromatic rings. The highest BCUT2D eigenvalue weighted by molar-refractivity contribution is 7.89. The topological polar surface area (TPSA) is 132 Å². The molecule has 2 unspecified atom stereocenters. The smallest absolute Gasteiger partial charge is 0.243 e. The summed E-state index contributed by atoms with van der Waals surface area (Å²) in [7, 11) is -5.73. The first kappa shape index (κ1) is 46.2. The highest BCUT2D eigenvalue weighted by Crippen LogP contribution is 2.27. The monoisotopic (exact) mass is 876 g/mol. The van der Waals surface area contributed by atoms with Crippen LogP contribution in [0.25, 0.3) is 0 Å². The third-order valence-corrected chi connectivity index (χ3v) is 14.4. The van der Waals surface area contributed by atoms with Crippen LogP contribution in [0.15, 0.2) is 107 Å². The third-order valence-electron chi connectivity index (χ3n) is 10.0. The van der Waals surface area contributed by atoms with E-state index in [1.807, 2.05) is 62.4 Å². The SMILES string of the molecule is C1CCOC1.COC[C@H]1CN(S(=O)(=O)c2ccc(C)cc2)C(Cc2ccc(Cl)cc2)CO1.Cc1ccc(S(=O)(=O)N2C[C@H](CO)OCC2Cc2ccc(Cl)cc2)cc1. The molecule has 0 spiro atoms. The van der Waals surface area contributed by atoms with Crippen LogP contribution in [0.4, 0.5) is 0 Å². The van der Waals surface area contributed by atoms with Crippen LogP contribution in [0.1, 0.15) is 35.1 Å². The molecule has 0 aromatic heterocycles. The first-order valence-corrected chi connectivity index (χ1v) is 23.0. The van der Waals surface area contributed by atoms with Crippen LogP contribution in [0.3, 0.4) is 0 Å². The lowest BCUT2D eigenvalue weighted by Crippen LogP contribution is -2.54. The number of sulfonamides is 2. The number of hydrogen-bond acceptors (Lipinski definition) is 9. The van der Waals surface area contributed by atoms with E-state index in [1.165, 1.54) is 17.1 Å². The molecule has 0 amide bonds. The number of ether oxygens (including phenoxy) is 4. The molecule has 4 aromatic carbocycles. The Balaban J connectivity index is 0.000000197. The fourth-order valence-electron chi connectivity index (χ4n) is 6.76. The van der Waals surface area contributed by atoms with Crippen LogP contribution >= 0.6 is 23.2 Å². The minimum Gasteiger partial charge on any atom is -0.394 e. The van der Waals surface area contributed by atoms with Gasteiger partial charge in [-0.3, -0.25) is 0 Å². The summed E-state index contributed by atoms with van der Waals surface area (Å²) in [5.41, 5.74) is 4.01. The van der Waals surface area contributed by atoms with Gasteiger partial charge in [0.25, 0.3) is 0 Å². The Labute approximate surface area is 353 Å². The van der Waals surface area contributed by atoms with Gasteiger partial charge in [0.15, 0.2) is 0 Å². The second-order valence-corrected chi connectivity index (χ2v) is 19.3. The van der Waals surface area contributed by atoms with Gasteiger partial charge in [-0.05, 0) is 99.2 Å². The maximum Gasteiger partial charge on any atom is 0.243 e. The van der Waals surface area contributed by atoms with E-state index in [4.69, 9.17) is 42.1 Å². The molecule has 3 saturated heterocycles. The van der Waals surface area contributed by atoms with Gasteiger partial charge in [-0.1, -0.05) is 82.9 Å². The molecule has 0 saturated carbocycles. The Bertz CT molecular complexity index is 2060. The molecule has 7 rings (SSSR count). The zero-order chi connectivity index (χ0) is 41.7. The number of rotatable bonds is 11. The molecule has 0 bridgehead atoms. The molecule has 11 nitrogen and oxygen atoms in total. The van der Waals surface area contributed by atoms with Crippen molar-refractivity contribution < 1.29 is 40.9 Å². The van der Waals surface area contributed by atoms with Crippen LogP contribution in [-0.2, 0) is 51.8 Å². The lowest BCUT2D eigenvalue weighted by molar-refractivity contribution is -0.0633. The molecule has 0 radical (unpaired) electrons. The van der Waals surface area contributed by atoms with Crippen molar-refractivity contribution in [2.75, 3.05) is 59.8 Å². The number of methoxy groups -OCH3 is 1. The predicted molar refractivity (Wildman–Crippen MR) is 227 cm³/mol. The van der Waals surface area contributed by atoms with E-state index in [2.05, 4.69) is 0 Å². The number of morpholine rings is 2. The molecule has 3 heterocycles. The normalized spacial score (nSPS) is 21.7. The van der Waals surface area contributed by atoms with E-state index in [1.54, 1.807) is 59.9 Å². The van der Waals surface area contributed by atoms with Crippen molar-refractivity contribution in [1.29, 1.82) is 0 Å². The summed E-state index contributed by atoms with van der Waals surface area (Å²) in [5.74, 6) is 0. The van der Waals surface area contributed by atoms with E-state index in [-0.39, 0.29) is 49.4 Å². The van der Waals surface area contributed by atoms with Gasteiger partial charge < -0.3 is 24.1 Å². The average Bonchev–Trinajstić information content (AvgIpc) is 3.82. The number of aliphatic hydroxyl groups excluding tert-OH is 1. The predicted octanol–water partition coefficient (Wildman–Crippen LogP) is 6.73. The molecule has 3 aliphatic rings. The van der Waals surface area contributed by atoms with Gasteiger partial charge >= 0.3 is 0 Å². The highest BCUT2D eigenvalue weighted by atomic mass is 35.5. The second-order valence-electron chi connectivity index (χ2n) is 14.6. The zero-order valence-corrected chi connectivity index (χ0v) is 36.4. The van der Waals surface area contributed by atoms with Gasteiger partial charge in [0.2, 0.25) is 20.0 Å². The van der Waals surface area contributed by atoms with E-state index in [9.17, 15) is 21.9 Å². The minimum atomic E-state index is -3.68. The Kier molecular flexibility index (Phi) is 17.6. The van der Waals surface area contributed by atoms with Crippen LogP contribution in [0, 0.1) is 13.8 Å². The summed E-state index contributed by atoms with van der Waals surface area (Å²) in [6.45, 7) is 6.94. The molecule has 15 heteroatoms. The molecule has 58 heavy (non-hydrogen) atoms. The maximum absolute atomic E-state index is 13.3. The number of benzene rings is 4. The quantitative estimate of drug-likeness (QED) is 0.174. The first-order valence-electron chi connectivity index (χ1n) is 19.4. The van der Waals surface area contributed by atoms with Crippen molar-refractivity contribution >= 4 is 43.2 Å². The lowest BCUT2D eigenvalue weighted by atomic mass is 10.1. The Morgan fingerprint density at radius 3 is 1.40 bits per heavy atom.